The fourth-order valence-electron chi connectivity index (χ4n) is 4.87. The number of amides is 1. The van der Waals surface area contributed by atoms with Gasteiger partial charge < -0.3 is 30.7 Å². The standard InChI is InChI=1S/C26H30ClN5O3/c27-22-15-21(5-6-23(22)32-9-13-35-14-10-32)31-24(33)26(7-11-34-12-8-26)20-3-1-18(2-4-20)19-16-29-25(28)30-17-19/h1-6,15-16H,7-14,17H2,(H,31,33)(H3,28,29,30). The maximum atomic E-state index is 13.7. The van der Waals surface area contributed by atoms with Crippen LogP contribution in [0.3, 0.4) is 0 Å². The first-order valence-corrected chi connectivity index (χ1v) is 12.3. The molecule has 184 valence electrons. The van der Waals surface area contributed by atoms with Crippen molar-refractivity contribution in [3.8, 4) is 0 Å². The number of benzene rings is 2. The highest BCUT2D eigenvalue weighted by Gasteiger charge is 2.41. The van der Waals surface area contributed by atoms with Crippen molar-refractivity contribution in [1.82, 2.24) is 5.32 Å². The summed E-state index contributed by atoms with van der Waals surface area (Å²) in [7, 11) is 0. The molecular formula is C26H30ClN5O3. The van der Waals surface area contributed by atoms with Gasteiger partial charge in [0, 0.05) is 44.7 Å². The van der Waals surface area contributed by atoms with Crippen LogP contribution in [0.1, 0.15) is 24.0 Å². The molecule has 2 aromatic rings. The van der Waals surface area contributed by atoms with Crippen molar-refractivity contribution in [2.75, 3.05) is 56.3 Å². The van der Waals surface area contributed by atoms with Crippen molar-refractivity contribution >= 4 is 40.4 Å². The topological polar surface area (TPSA) is 101 Å². The average Bonchev–Trinajstić information content (AvgIpc) is 2.90. The van der Waals surface area contributed by atoms with Gasteiger partial charge in [-0.2, -0.15) is 0 Å². The minimum Gasteiger partial charge on any atom is -0.381 e. The number of hydrogen-bond donors (Lipinski definition) is 3. The van der Waals surface area contributed by atoms with Crippen molar-refractivity contribution in [1.29, 1.82) is 0 Å². The zero-order valence-electron chi connectivity index (χ0n) is 19.6. The van der Waals surface area contributed by atoms with Gasteiger partial charge >= 0.3 is 0 Å². The highest BCUT2D eigenvalue weighted by Crippen LogP contribution is 2.38. The van der Waals surface area contributed by atoms with Crippen molar-refractivity contribution in [3.05, 3.63) is 64.8 Å². The van der Waals surface area contributed by atoms with E-state index in [0.717, 1.165) is 35.5 Å². The molecule has 0 aliphatic carbocycles. The molecule has 9 heteroatoms. The molecule has 3 heterocycles. The monoisotopic (exact) mass is 495 g/mol. The highest BCUT2D eigenvalue weighted by molar-refractivity contribution is 6.33. The Hall–Kier alpha value is -3.07. The molecule has 0 aromatic heterocycles. The van der Waals surface area contributed by atoms with Crippen LogP contribution in [0, 0.1) is 0 Å². The van der Waals surface area contributed by atoms with Crippen molar-refractivity contribution in [2.45, 2.75) is 18.3 Å². The Labute approximate surface area is 210 Å². The Morgan fingerprint density at radius 3 is 2.43 bits per heavy atom. The SMILES string of the molecule is NC1=NC=C(c2ccc(C3(C(=O)Nc4ccc(N5CCOCC5)c(Cl)c4)CCOCC3)cc2)CN1. The molecule has 35 heavy (non-hydrogen) atoms. The number of hydrogen-bond acceptors (Lipinski definition) is 7. The van der Waals surface area contributed by atoms with Crippen LogP contribution in [0.15, 0.2) is 53.7 Å². The van der Waals surface area contributed by atoms with Gasteiger partial charge in [0.05, 0.1) is 29.3 Å². The van der Waals surface area contributed by atoms with Gasteiger partial charge in [-0.3, -0.25) is 4.79 Å². The van der Waals surface area contributed by atoms with Gasteiger partial charge in [-0.05, 0) is 47.7 Å². The van der Waals surface area contributed by atoms with E-state index in [0.29, 0.717) is 62.5 Å². The summed E-state index contributed by atoms with van der Waals surface area (Å²) in [6.07, 6.45) is 3.01. The number of nitrogens with zero attached hydrogens (tertiary/aromatic N) is 2. The Kier molecular flexibility index (Phi) is 6.95. The van der Waals surface area contributed by atoms with E-state index >= 15 is 0 Å². The van der Waals surface area contributed by atoms with E-state index in [1.54, 1.807) is 6.20 Å². The van der Waals surface area contributed by atoms with Crippen molar-refractivity contribution in [2.24, 2.45) is 10.7 Å². The van der Waals surface area contributed by atoms with Gasteiger partial charge in [-0.1, -0.05) is 35.9 Å². The molecule has 3 aliphatic rings. The second-order valence-electron chi connectivity index (χ2n) is 9.01. The minimum absolute atomic E-state index is 0.0420. The molecule has 5 rings (SSSR count). The maximum absolute atomic E-state index is 13.7. The number of halogens is 1. The second-order valence-corrected chi connectivity index (χ2v) is 9.42. The van der Waals surface area contributed by atoms with E-state index in [2.05, 4.69) is 20.5 Å². The van der Waals surface area contributed by atoms with Gasteiger partial charge in [-0.25, -0.2) is 4.99 Å². The number of nitrogens with one attached hydrogen (secondary N) is 2. The van der Waals surface area contributed by atoms with Crippen LogP contribution in [0.4, 0.5) is 11.4 Å². The van der Waals surface area contributed by atoms with Crippen LogP contribution >= 0.6 is 11.6 Å². The number of anilines is 2. The van der Waals surface area contributed by atoms with Crippen LogP contribution in [0.5, 0.6) is 0 Å². The molecule has 0 radical (unpaired) electrons. The number of ether oxygens (including phenoxy) is 2. The van der Waals surface area contributed by atoms with E-state index < -0.39 is 5.41 Å². The minimum atomic E-state index is -0.673. The third-order valence-electron chi connectivity index (χ3n) is 6.97. The summed E-state index contributed by atoms with van der Waals surface area (Å²) < 4.78 is 11.1. The number of carbonyl (C=O) groups excluding carboxylic acids is 1. The Balaban J connectivity index is 1.36. The van der Waals surface area contributed by atoms with Gasteiger partial charge in [0.15, 0.2) is 5.96 Å². The number of morpholine rings is 1. The lowest BCUT2D eigenvalue weighted by molar-refractivity contribution is -0.125. The van der Waals surface area contributed by atoms with Gasteiger partial charge in [0.2, 0.25) is 5.91 Å². The van der Waals surface area contributed by atoms with Crippen LogP contribution in [0.2, 0.25) is 5.02 Å². The summed E-state index contributed by atoms with van der Waals surface area (Å²) in [6, 6.07) is 13.9. The zero-order chi connectivity index (χ0) is 24.3. The van der Waals surface area contributed by atoms with E-state index in [9.17, 15) is 4.79 Å². The van der Waals surface area contributed by atoms with E-state index in [1.165, 1.54) is 0 Å². The predicted octanol–water partition coefficient (Wildman–Crippen LogP) is 3.12. The number of guanidine groups is 1. The normalized spacial score (nSPS) is 19.9. The molecule has 1 amide bonds. The fourth-order valence-corrected chi connectivity index (χ4v) is 5.17. The summed E-state index contributed by atoms with van der Waals surface area (Å²) in [6.45, 7) is 4.67. The number of aliphatic imine (C=N–C) groups is 1. The zero-order valence-corrected chi connectivity index (χ0v) is 20.3. The number of nitrogens with two attached hydrogens (primary N) is 1. The first-order chi connectivity index (χ1) is 17.0. The van der Waals surface area contributed by atoms with E-state index in [-0.39, 0.29) is 5.91 Å². The van der Waals surface area contributed by atoms with Crippen molar-refractivity contribution in [3.63, 3.8) is 0 Å². The summed E-state index contributed by atoms with van der Waals surface area (Å²) in [5.41, 5.74) is 9.74. The molecule has 3 aliphatic heterocycles. The summed E-state index contributed by atoms with van der Waals surface area (Å²) in [5, 5.41) is 6.80. The van der Waals surface area contributed by atoms with E-state index in [1.807, 2.05) is 42.5 Å². The quantitative estimate of drug-likeness (QED) is 0.589. The van der Waals surface area contributed by atoms with Crippen LogP contribution in [-0.2, 0) is 19.7 Å². The Morgan fingerprint density at radius 2 is 1.77 bits per heavy atom. The van der Waals surface area contributed by atoms with Crippen LogP contribution in [-0.4, -0.2) is 57.9 Å². The van der Waals surface area contributed by atoms with Gasteiger partial charge in [0.25, 0.3) is 0 Å². The van der Waals surface area contributed by atoms with Crippen LogP contribution in [0.25, 0.3) is 5.57 Å². The first kappa shape index (κ1) is 23.7. The van der Waals surface area contributed by atoms with E-state index in [4.69, 9.17) is 26.8 Å². The highest BCUT2D eigenvalue weighted by atomic mass is 35.5. The molecule has 8 nitrogen and oxygen atoms in total. The largest absolute Gasteiger partial charge is 0.381 e. The number of carbonyl (C=O) groups is 1. The fraction of sp³-hybridized carbons (Fsp3) is 0.385. The number of rotatable bonds is 5. The summed E-state index contributed by atoms with van der Waals surface area (Å²) >= 11 is 6.60. The predicted molar refractivity (Wildman–Crippen MR) is 139 cm³/mol. The first-order valence-electron chi connectivity index (χ1n) is 11.9. The molecule has 0 bridgehead atoms. The molecule has 2 aromatic carbocycles. The summed E-state index contributed by atoms with van der Waals surface area (Å²) in [5.74, 6) is 0.376. The van der Waals surface area contributed by atoms with Gasteiger partial charge in [0.1, 0.15) is 0 Å². The average molecular weight is 496 g/mol. The maximum Gasteiger partial charge on any atom is 0.235 e. The molecule has 0 spiro atoms. The van der Waals surface area contributed by atoms with Crippen molar-refractivity contribution < 1.29 is 14.3 Å². The Bertz CT molecular complexity index is 1140. The smallest absolute Gasteiger partial charge is 0.235 e. The lowest BCUT2D eigenvalue weighted by Gasteiger charge is -2.36. The second kappa shape index (κ2) is 10.3. The van der Waals surface area contributed by atoms with Gasteiger partial charge in [-0.15, -0.1) is 0 Å². The molecule has 4 N–H and O–H groups in total. The third kappa shape index (κ3) is 5.00. The lowest BCUT2D eigenvalue weighted by Crippen LogP contribution is -2.44. The van der Waals surface area contributed by atoms with Crippen LogP contribution < -0.4 is 21.3 Å². The Morgan fingerprint density at radius 1 is 1.06 bits per heavy atom. The third-order valence-corrected chi connectivity index (χ3v) is 7.27. The lowest BCUT2D eigenvalue weighted by atomic mass is 9.73. The molecule has 0 unspecified atom stereocenters. The summed E-state index contributed by atoms with van der Waals surface area (Å²) in [4.78, 5) is 20.1. The molecule has 2 saturated heterocycles. The molecule has 2 fully saturated rings. The molecular weight excluding hydrogens is 466 g/mol. The molecule has 0 saturated carbocycles. The molecule has 0 atom stereocenters.